The van der Waals surface area contributed by atoms with E-state index in [1.807, 2.05) is 0 Å². The monoisotopic (exact) mass is 224 g/mol. The minimum Gasteiger partial charge on any atom is -0.313 e. The maximum Gasteiger partial charge on any atom is 0.0195 e. The van der Waals surface area contributed by atoms with Crippen LogP contribution in [0.3, 0.4) is 0 Å². The molecule has 2 rings (SSSR count). The SMILES string of the molecule is CCCC1CCN(CC2CCCCN2)CC1. The van der Waals surface area contributed by atoms with Gasteiger partial charge in [-0.2, -0.15) is 0 Å². The molecule has 0 aromatic heterocycles. The van der Waals surface area contributed by atoms with Crippen molar-refractivity contribution in [2.45, 2.75) is 57.9 Å². The molecule has 0 amide bonds. The summed E-state index contributed by atoms with van der Waals surface area (Å²) >= 11 is 0. The van der Waals surface area contributed by atoms with Gasteiger partial charge in [-0.1, -0.05) is 26.2 Å². The van der Waals surface area contributed by atoms with Crippen LogP contribution in [0.25, 0.3) is 0 Å². The molecule has 0 radical (unpaired) electrons. The van der Waals surface area contributed by atoms with E-state index >= 15 is 0 Å². The van der Waals surface area contributed by atoms with Crippen molar-refractivity contribution < 1.29 is 0 Å². The number of rotatable bonds is 4. The molecule has 0 spiro atoms. The van der Waals surface area contributed by atoms with Crippen LogP contribution in [-0.4, -0.2) is 37.1 Å². The van der Waals surface area contributed by atoms with Gasteiger partial charge in [0.25, 0.3) is 0 Å². The van der Waals surface area contributed by atoms with Crippen molar-refractivity contribution >= 4 is 0 Å². The molecule has 0 aliphatic carbocycles. The third-order valence-corrected chi connectivity index (χ3v) is 4.30. The van der Waals surface area contributed by atoms with Crippen molar-refractivity contribution in [3.8, 4) is 0 Å². The summed E-state index contributed by atoms with van der Waals surface area (Å²) in [5.41, 5.74) is 0. The van der Waals surface area contributed by atoms with E-state index < -0.39 is 0 Å². The van der Waals surface area contributed by atoms with Gasteiger partial charge in [-0.15, -0.1) is 0 Å². The Morgan fingerprint density at radius 1 is 1.12 bits per heavy atom. The molecule has 2 heteroatoms. The summed E-state index contributed by atoms with van der Waals surface area (Å²) in [4.78, 5) is 2.69. The molecule has 0 bridgehead atoms. The lowest BCUT2D eigenvalue weighted by Gasteiger charge is -2.35. The molecule has 2 saturated heterocycles. The van der Waals surface area contributed by atoms with Crippen LogP contribution in [0.5, 0.6) is 0 Å². The van der Waals surface area contributed by atoms with Crippen LogP contribution < -0.4 is 5.32 Å². The van der Waals surface area contributed by atoms with Crippen molar-refractivity contribution in [3.63, 3.8) is 0 Å². The zero-order valence-electron chi connectivity index (χ0n) is 10.9. The van der Waals surface area contributed by atoms with Gasteiger partial charge in [0.1, 0.15) is 0 Å². The molecule has 16 heavy (non-hydrogen) atoms. The third kappa shape index (κ3) is 3.74. The van der Waals surface area contributed by atoms with Crippen molar-refractivity contribution in [2.24, 2.45) is 5.92 Å². The van der Waals surface area contributed by atoms with Gasteiger partial charge in [-0.25, -0.2) is 0 Å². The van der Waals surface area contributed by atoms with Crippen LogP contribution in [0.1, 0.15) is 51.9 Å². The Morgan fingerprint density at radius 2 is 1.94 bits per heavy atom. The van der Waals surface area contributed by atoms with Crippen LogP contribution in [0, 0.1) is 5.92 Å². The summed E-state index contributed by atoms with van der Waals surface area (Å²) in [6, 6.07) is 0.788. The Hall–Kier alpha value is -0.0800. The number of nitrogens with zero attached hydrogens (tertiary/aromatic N) is 1. The minimum atomic E-state index is 0.788. The zero-order valence-corrected chi connectivity index (χ0v) is 10.9. The lowest BCUT2D eigenvalue weighted by molar-refractivity contribution is 0.156. The summed E-state index contributed by atoms with van der Waals surface area (Å²) in [5, 5.41) is 3.66. The molecule has 2 aliphatic heterocycles. The maximum atomic E-state index is 3.66. The Morgan fingerprint density at radius 3 is 2.56 bits per heavy atom. The normalized spacial score (nSPS) is 29.4. The minimum absolute atomic E-state index is 0.788. The lowest BCUT2D eigenvalue weighted by atomic mass is 9.92. The van der Waals surface area contributed by atoms with Gasteiger partial charge in [0, 0.05) is 12.6 Å². The fourth-order valence-electron chi connectivity index (χ4n) is 3.26. The second-order valence-electron chi connectivity index (χ2n) is 5.68. The van der Waals surface area contributed by atoms with E-state index in [9.17, 15) is 0 Å². The van der Waals surface area contributed by atoms with Crippen LogP contribution in [0.4, 0.5) is 0 Å². The van der Waals surface area contributed by atoms with Crippen molar-refractivity contribution in [1.82, 2.24) is 10.2 Å². The largest absolute Gasteiger partial charge is 0.313 e. The quantitative estimate of drug-likeness (QED) is 0.790. The standard InChI is InChI=1S/C14H28N2/c1-2-5-13-7-10-16(11-8-13)12-14-6-3-4-9-15-14/h13-15H,2-12H2,1H3. The molecule has 2 aliphatic rings. The molecule has 2 fully saturated rings. The molecule has 0 saturated carbocycles. The molecule has 2 heterocycles. The summed E-state index contributed by atoms with van der Waals surface area (Å²) in [6.07, 6.45) is 9.93. The van der Waals surface area contributed by atoms with Gasteiger partial charge >= 0.3 is 0 Å². The summed E-state index contributed by atoms with van der Waals surface area (Å²) in [7, 11) is 0. The number of hydrogen-bond donors (Lipinski definition) is 1. The lowest BCUT2D eigenvalue weighted by Crippen LogP contribution is -2.46. The molecule has 1 atom stereocenters. The first kappa shape index (κ1) is 12.4. The highest BCUT2D eigenvalue weighted by Gasteiger charge is 2.21. The van der Waals surface area contributed by atoms with Gasteiger partial charge in [0.15, 0.2) is 0 Å². The first-order valence-corrected chi connectivity index (χ1v) is 7.34. The third-order valence-electron chi connectivity index (χ3n) is 4.30. The highest BCUT2D eigenvalue weighted by atomic mass is 15.2. The van der Waals surface area contributed by atoms with Crippen molar-refractivity contribution in [3.05, 3.63) is 0 Å². The maximum absolute atomic E-state index is 3.66. The van der Waals surface area contributed by atoms with E-state index in [2.05, 4.69) is 17.1 Å². The predicted octanol–water partition coefficient (Wildman–Crippen LogP) is 2.64. The molecule has 2 nitrogen and oxygen atoms in total. The number of likely N-dealkylation sites (tertiary alicyclic amines) is 1. The summed E-state index contributed by atoms with van der Waals surface area (Å²) < 4.78 is 0. The highest BCUT2D eigenvalue weighted by Crippen LogP contribution is 2.22. The van der Waals surface area contributed by atoms with E-state index in [0.717, 1.165) is 12.0 Å². The summed E-state index contributed by atoms with van der Waals surface area (Å²) in [6.45, 7) is 7.57. The van der Waals surface area contributed by atoms with Crippen LogP contribution >= 0.6 is 0 Å². The van der Waals surface area contributed by atoms with Gasteiger partial charge in [0.05, 0.1) is 0 Å². The van der Waals surface area contributed by atoms with E-state index in [0.29, 0.717) is 0 Å². The molecular weight excluding hydrogens is 196 g/mol. The van der Waals surface area contributed by atoms with E-state index in [1.54, 1.807) is 0 Å². The number of piperidine rings is 2. The molecule has 94 valence electrons. The van der Waals surface area contributed by atoms with E-state index in [1.165, 1.54) is 71.1 Å². The van der Waals surface area contributed by atoms with E-state index in [4.69, 9.17) is 0 Å². The first-order chi connectivity index (χ1) is 7.88. The Balaban J connectivity index is 1.64. The topological polar surface area (TPSA) is 15.3 Å². The fourth-order valence-corrected chi connectivity index (χ4v) is 3.26. The van der Waals surface area contributed by atoms with Crippen LogP contribution in [-0.2, 0) is 0 Å². The Bertz CT molecular complexity index is 179. The Kier molecular flexibility index (Phi) is 5.11. The fraction of sp³-hybridized carbons (Fsp3) is 1.00. The highest BCUT2D eigenvalue weighted by molar-refractivity contribution is 4.79. The second kappa shape index (κ2) is 6.61. The summed E-state index contributed by atoms with van der Waals surface area (Å²) in [5.74, 6) is 1.03. The van der Waals surface area contributed by atoms with Crippen molar-refractivity contribution in [2.75, 3.05) is 26.2 Å². The molecular formula is C14H28N2. The van der Waals surface area contributed by atoms with E-state index in [-0.39, 0.29) is 0 Å². The van der Waals surface area contributed by atoms with Crippen molar-refractivity contribution in [1.29, 1.82) is 0 Å². The number of hydrogen-bond acceptors (Lipinski definition) is 2. The van der Waals surface area contributed by atoms with Gasteiger partial charge in [-0.3, -0.25) is 0 Å². The number of nitrogens with one attached hydrogen (secondary N) is 1. The van der Waals surface area contributed by atoms with Gasteiger partial charge in [-0.05, 0) is 51.2 Å². The average Bonchev–Trinajstić information content (AvgIpc) is 2.33. The molecule has 1 N–H and O–H groups in total. The predicted molar refractivity (Wildman–Crippen MR) is 69.7 cm³/mol. The zero-order chi connectivity index (χ0) is 11.2. The molecule has 1 unspecified atom stereocenters. The van der Waals surface area contributed by atoms with Crippen LogP contribution in [0.2, 0.25) is 0 Å². The van der Waals surface area contributed by atoms with Gasteiger partial charge in [0.2, 0.25) is 0 Å². The van der Waals surface area contributed by atoms with Gasteiger partial charge < -0.3 is 10.2 Å². The molecule has 0 aromatic rings. The van der Waals surface area contributed by atoms with Crippen LogP contribution in [0.15, 0.2) is 0 Å². The first-order valence-electron chi connectivity index (χ1n) is 7.34. The second-order valence-corrected chi connectivity index (χ2v) is 5.68. The average molecular weight is 224 g/mol. The smallest absolute Gasteiger partial charge is 0.0195 e. The molecule has 0 aromatic carbocycles. The Labute approximate surface area is 101 Å².